The summed E-state index contributed by atoms with van der Waals surface area (Å²) in [5, 5.41) is 20.6. The van der Waals surface area contributed by atoms with Gasteiger partial charge in [-0.3, -0.25) is 9.69 Å². The normalized spacial score (nSPS) is 16.1. The maximum atomic E-state index is 11.8. The van der Waals surface area contributed by atoms with Gasteiger partial charge in [0.1, 0.15) is 17.7 Å². The lowest BCUT2D eigenvalue weighted by molar-refractivity contribution is -0.127. The standard InChI is InChI=1S/C22H24N4O3/c1-15(27)20(29)14-25-10-12-26(13-11-25)22-16-6-2-4-8-18(16)23-21(24-22)17-7-3-5-9-19(17)28/h2-9,15,27-28H,10-14H2,1H3. The van der Waals surface area contributed by atoms with Crippen LogP contribution in [0.1, 0.15) is 6.92 Å². The Kier molecular flexibility index (Phi) is 5.42. The number of carbonyl (C=O) groups excluding carboxylic acids is 1. The fourth-order valence-corrected chi connectivity index (χ4v) is 3.55. The molecular formula is C22H24N4O3. The van der Waals surface area contributed by atoms with Gasteiger partial charge in [-0.1, -0.05) is 24.3 Å². The van der Waals surface area contributed by atoms with E-state index in [1.165, 1.54) is 6.92 Å². The number of aliphatic hydroxyl groups is 1. The number of Topliss-reactive ketones (excluding diaryl/α,β-unsaturated/α-hetero) is 1. The van der Waals surface area contributed by atoms with Gasteiger partial charge in [-0.25, -0.2) is 9.97 Å². The summed E-state index contributed by atoms with van der Waals surface area (Å²) >= 11 is 0. The second-order valence-electron chi connectivity index (χ2n) is 7.31. The third kappa shape index (κ3) is 4.06. The highest BCUT2D eigenvalue weighted by molar-refractivity contribution is 5.91. The molecule has 0 spiro atoms. The van der Waals surface area contributed by atoms with E-state index >= 15 is 0 Å². The summed E-state index contributed by atoms with van der Waals surface area (Å²) in [4.78, 5) is 25.5. The molecule has 2 N–H and O–H groups in total. The Morgan fingerprint density at radius 1 is 1.03 bits per heavy atom. The molecule has 1 atom stereocenters. The molecule has 1 aromatic heterocycles. The smallest absolute Gasteiger partial charge is 0.174 e. The van der Waals surface area contributed by atoms with Crippen LogP contribution in [0.15, 0.2) is 48.5 Å². The van der Waals surface area contributed by atoms with Gasteiger partial charge < -0.3 is 15.1 Å². The van der Waals surface area contributed by atoms with E-state index in [1.54, 1.807) is 12.1 Å². The molecule has 29 heavy (non-hydrogen) atoms. The van der Waals surface area contributed by atoms with Crippen molar-refractivity contribution in [2.75, 3.05) is 37.6 Å². The Morgan fingerprint density at radius 3 is 2.45 bits per heavy atom. The van der Waals surface area contributed by atoms with E-state index in [0.29, 0.717) is 37.6 Å². The summed E-state index contributed by atoms with van der Waals surface area (Å²) < 4.78 is 0. The molecule has 0 bridgehead atoms. The van der Waals surface area contributed by atoms with Crippen LogP contribution >= 0.6 is 0 Å². The zero-order valence-electron chi connectivity index (χ0n) is 16.3. The predicted octanol–water partition coefficient (Wildman–Crippen LogP) is 2.07. The number of aliphatic hydroxyl groups excluding tert-OH is 1. The lowest BCUT2D eigenvalue weighted by Crippen LogP contribution is -2.49. The number of para-hydroxylation sites is 2. The number of piperazine rings is 1. The number of phenolic OH excluding ortho intramolecular Hbond substituents is 1. The monoisotopic (exact) mass is 392 g/mol. The maximum Gasteiger partial charge on any atom is 0.174 e. The van der Waals surface area contributed by atoms with Crippen LogP contribution in [0.5, 0.6) is 5.75 Å². The molecule has 7 heteroatoms. The van der Waals surface area contributed by atoms with Crippen LogP contribution in [0.2, 0.25) is 0 Å². The van der Waals surface area contributed by atoms with Crippen LogP contribution < -0.4 is 4.90 Å². The molecule has 0 amide bonds. The highest BCUT2D eigenvalue weighted by atomic mass is 16.3. The first-order valence-electron chi connectivity index (χ1n) is 9.76. The van der Waals surface area contributed by atoms with Gasteiger partial charge >= 0.3 is 0 Å². The topological polar surface area (TPSA) is 89.8 Å². The quantitative estimate of drug-likeness (QED) is 0.687. The highest BCUT2D eigenvalue weighted by Crippen LogP contribution is 2.31. The first-order chi connectivity index (χ1) is 14.0. The van der Waals surface area contributed by atoms with Crippen LogP contribution in [-0.4, -0.2) is 69.7 Å². The van der Waals surface area contributed by atoms with Crippen LogP contribution in [0, 0.1) is 0 Å². The van der Waals surface area contributed by atoms with Gasteiger partial charge in [0.05, 0.1) is 17.6 Å². The SMILES string of the molecule is CC(O)C(=O)CN1CCN(c2nc(-c3ccccc3O)nc3ccccc23)CC1. The van der Waals surface area contributed by atoms with E-state index in [0.717, 1.165) is 16.7 Å². The van der Waals surface area contributed by atoms with Crippen molar-refractivity contribution in [2.45, 2.75) is 13.0 Å². The van der Waals surface area contributed by atoms with Gasteiger partial charge in [0, 0.05) is 31.6 Å². The molecule has 0 saturated carbocycles. The summed E-state index contributed by atoms with van der Waals surface area (Å²) in [6.07, 6.45) is -0.931. The van der Waals surface area contributed by atoms with Gasteiger partial charge in [0.25, 0.3) is 0 Å². The minimum atomic E-state index is -0.931. The Bertz CT molecular complexity index is 1030. The number of anilines is 1. The number of carbonyl (C=O) groups is 1. The average Bonchev–Trinajstić information content (AvgIpc) is 2.74. The largest absolute Gasteiger partial charge is 0.507 e. The first-order valence-corrected chi connectivity index (χ1v) is 9.76. The lowest BCUT2D eigenvalue weighted by Gasteiger charge is -2.35. The van der Waals surface area contributed by atoms with E-state index in [1.807, 2.05) is 36.4 Å². The number of hydrogen-bond acceptors (Lipinski definition) is 7. The molecule has 0 radical (unpaired) electrons. The molecule has 1 aliphatic rings. The van der Waals surface area contributed by atoms with Crippen molar-refractivity contribution < 1.29 is 15.0 Å². The average molecular weight is 392 g/mol. The Balaban J connectivity index is 1.64. The van der Waals surface area contributed by atoms with E-state index in [4.69, 9.17) is 4.98 Å². The van der Waals surface area contributed by atoms with Gasteiger partial charge in [-0.05, 0) is 31.2 Å². The van der Waals surface area contributed by atoms with Gasteiger partial charge in [0.15, 0.2) is 11.6 Å². The van der Waals surface area contributed by atoms with Gasteiger partial charge in [0.2, 0.25) is 0 Å². The Hall–Kier alpha value is -3.03. The Labute approximate surface area is 169 Å². The third-order valence-corrected chi connectivity index (χ3v) is 5.25. The molecule has 1 aliphatic heterocycles. The lowest BCUT2D eigenvalue weighted by atomic mass is 10.1. The fourth-order valence-electron chi connectivity index (χ4n) is 3.55. The van der Waals surface area contributed by atoms with Crippen LogP contribution in [-0.2, 0) is 4.79 Å². The van der Waals surface area contributed by atoms with Gasteiger partial charge in [-0.15, -0.1) is 0 Å². The number of aromatic hydroxyl groups is 1. The molecule has 0 aliphatic carbocycles. The summed E-state index contributed by atoms with van der Waals surface area (Å²) in [5.41, 5.74) is 1.42. The molecule has 1 unspecified atom stereocenters. The van der Waals surface area contributed by atoms with Crippen LogP contribution in [0.3, 0.4) is 0 Å². The zero-order chi connectivity index (χ0) is 20.4. The van der Waals surface area contributed by atoms with Crippen LogP contribution in [0.4, 0.5) is 5.82 Å². The van der Waals surface area contributed by atoms with Gasteiger partial charge in [-0.2, -0.15) is 0 Å². The van der Waals surface area contributed by atoms with E-state index in [2.05, 4.69) is 14.8 Å². The van der Waals surface area contributed by atoms with E-state index < -0.39 is 6.10 Å². The zero-order valence-corrected chi connectivity index (χ0v) is 16.3. The molecule has 3 aromatic rings. The summed E-state index contributed by atoms with van der Waals surface area (Å²) in [6.45, 7) is 4.62. The number of aromatic nitrogens is 2. The second kappa shape index (κ2) is 8.14. The molecule has 1 saturated heterocycles. The number of hydrogen-bond donors (Lipinski definition) is 2. The molecule has 4 rings (SSSR count). The molecule has 1 fully saturated rings. The predicted molar refractivity (Wildman–Crippen MR) is 112 cm³/mol. The molecule has 7 nitrogen and oxygen atoms in total. The number of rotatable bonds is 5. The van der Waals surface area contributed by atoms with Crippen molar-refractivity contribution in [2.24, 2.45) is 0 Å². The minimum Gasteiger partial charge on any atom is -0.507 e. The molecule has 2 aromatic carbocycles. The highest BCUT2D eigenvalue weighted by Gasteiger charge is 2.23. The second-order valence-corrected chi connectivity index (χ2v) is 7.31. The van der Waals surface area contributed by atoms with Crippen molar-refractivity contribution in [3.8, 4) is 17.1 Å². The summed E-state index contributed by atoms with van der Waals surface area (Å²) in [7, 11) is 0. The summed E-state index contributed by atoms with van der Waals surface area (Å²) in [6, 6.07) is 14.9. The molecule has 2 heterocycles. The first kappa shape index (κ1) is 19.3. The van der Waals surface area contributed by atoms with Crippen molar-refractivity contribution in [1.29, 1.82) is 0 Å². The third-order valence-electron chi connectivity index (χ3n) is 5.25. The van der Waals surface area contributed by atoms with Crippen molar-refractivity contribution in [3.05, 3.63) is 48.5 Å². The van der Waals surface area contributed by atoms with E-state index in [-0.39, 0.29) is 18.1 Å². The van der Waals surface area contributed by atoms with Crippen molar-refractivity contribution in [3.63, 3.8) is 0 Å². The Morgan fingerprint density at radius 2 is 1.72 bits per heavy atom. The number of benzene rings is 2. The number of ketones is 1. The van der Waals surface area contributed by atoms with E-state index in [9.17, 15) is 15.0 Å². The number of phenols is 1. The fraction of sp³-hybridized carbons (Fsp3) is 0.318. The number of fused-ring (bicyclic) bond motifs is 1. The minimum absolute atomic E-state index is 0.148. The summed E-state index contributed by atoms with van der Waals surface area (Å²) in [5.74, 6) is 1.31. The van der Waals surface area contributed by atoms with Crippen molar-refractivity contribution >= 4 is 22.5 Å². The molecule has 150 valence electrons. The van der Waals surface area contributed by atoms with Crippen molar-refractivity contribution in [1.82, 2.24) is 14.9 Å². The number of nitrogens with zero attached hydrogens (tertiary/aromatic N) is 4. The maximum absolute atomic E-state index is 11.8. The van der Waals surface area contributed by atoms with Crippen LogP contribution in [0.25, 0.3) is 22.3 Å². The molecular weight excluding hydrogens is 368 g/mol.